The molecule has 0 saturated heterocycles. The summed E-state index contributed by atoms with van der Waals surface area (Å²) in [7, 11) is 2.08. The minimum atomic E-state index is -0.640. The van der Waals surface area contributed by atoms with E-state index in [1.54, 1.807) is 0 Å². The second-order valence-corrected chi connectivity index (χ2v) is 6.68. The van der Waals surface area contributed by atoms with Crippen molar-refractivity contribution in [3.05, 3.63) is 0 Å². The van der Waals surface area contributed by atoms with Crippen LogP contribution in [0, 0.1) is 5.92 Å². The largest absolute Gasteiger partial charge is 0.380 e. The van der Waals surface area contributed by atoms with Crippen molar-refractivity contribution in [1.82, 2.24) is 10.2 Å². The Morgan fingerprint density at radius 3 is 2.71 bits per heavy atom. The first-order valence-electron chi connectivity index (χ1n) is 8.22. The molecule has 21 heavy (non-hydrogen) atoms. The third kappa shape index (κ3) is 6.76. The van der Waals surface area contributed by atoms with Crippen molar-refractivity contribution in [2.45, 2.75) is 58.0 Å². The second kappa shape index (κ2) is 8.71. The molecule has 0 spiro atoms. The minimum absolute atomic E-state index is 0.274. The van der Waals surface area contributed by atoms with Gasteiger partial charge in [-0.2, -0.15) is 0 Å². The molecule has 1 fully saturated rings. The summed E-state index contributed by atoms with van der Waals surface area (Å²) < 4.78 is 5.67. The van der Waals surface area contributed by atoms with E-state index in [4.69, 9.17) is 10.5 Å². The highest BCUT2D eigenvalue weighted by molar-refractivity contribution is 5.84. The van der Waals surface area contributed by atoms with Crippen LogP contribution in [0.5, 0.6) is 0 Å². The lowest BCUT2D eigenvalue weighted by Crippen LogP contribution is -2.56. The van der Waals surface area contributed by atoms with E-state index in [9.17, 15) is 4.79 Å². The Balaban J connectivity index is 2.32. The van der Waals surface area contributed by atoms with Crippen LogP contribution in [0.1, 0.15) is 46.5 Å². The van der Waals surface area contributed by atoms with Gasteiger partial charge in [0.1, 0.15) is 0 Å². The fraction of sp³-hybridized carbons (Fsp3) is 0.938. The summed E-state index contributed by atoms with van der Waals surface area (Å²) in [5.41, 5.74) is 4.94. The number of nitrogens with one attached hydrogen (secondary N) is 1. The number of nitrogens with zero attached hydrogens (tertiary/aromatic N) is 1. The van der Waals surface area contributed by atoms with Crippen LogP contribution >= 0.6 is 0 Å². The Kier molecular flexibility index (Phi) is 7.63. The number of nitrogens with two attached hydrogens (primary N) is 1. The van der Waals surface area contributed by atoms with Crippen molar-refractivity contribution >= 4 is 5.91 Å². The number of amides is 1. The molecule has 1 aliphatic rings. The Hall–Kier alpha value is -0.650. The van der Waals surface area contributed by atoms with Crippen molar-refractivity contribution in [1.29, 1.82) is 0 Å². The van der Waals surface area contributed by atoms with Crippen molar-refractivity contribution in [3.63, 3.8) is 0 Å². The predicted octanol–water partition coefficient (Wildman–Crippen LogP) is 1.37. The summed E-state index contributed by atoms with van der Waals surface area (Å²) >= 11 is 0. The van der Waals surface area contributed by atoms with E-state index in [1.807, 2.05) is 6.92 Å². The topological polar surface area (TPSA) is 67.6 Å². The normalized spacial score (nSPS) is 19.5. The van der Waals surface area contributed by atoms with E-state index in [1.165, 1.54) is 12.8 Å². The molecule has 1 aliphatic carbocycles. The van der Waals surface area contributed by atoms with Crippen LogP contribution in [0.2, 0.25) is 0 Å². The van der Waals surface area contributed by atoms with Gasteiger partial charge in [0.2, 0.25) is 5.91 Å². The Morgan fingerprint density at radius 1 is 1.52 bits per heavy atom. The summed E-state index contributed by atoms with van der Waals surface area (Å²) in [5.74, 6) is 0.533. The molecule has 2 atom stereocenters. The molecule has 1 rings (SSSR count). The summed E-state index contributed by atoms with van der Waals surface area (Å²) in [6.45, 7) is 9.47. The van der Waals surface area contributed by atoms with Gasteiger partial charge in [-0.15, -0.1) is 0 Å². The zero-order chi connectivity index (χ0) is 15.9. The van der Waals surface area contributed by atoms with Crippen LogP contribution in [0.4, 0.5) is 0 Å². The van der Waals surface area contributed by atoms with Crippen molar-refractivity contribution in [3.8, 4) is 0 Å². The molecule has 5 heteroatoms. The number of likely N-dealkylation sites (N-methyl/N-ethyl adjacent to an activating group) is 1. The summed E-state index contributed by atoms with van der Waals surface area (Å²) in [6.07, 6.45) is 4.35. The molecule has 0 radical (unpaired) electrons. The van der Waals surface area contributed by atoms with E-state index in [-0.39, 0.29) is 11.9 Å². The summed E-state index contributed by atoms with van der Waals surface area (Å²) in [5, 5.41) is 3.29. The van der Waals surface area contributed by atoms with Gasteiger partial charge in [-0.1, -0.05) is 6.92 Å². The lowest BCUT2D eigenvalue weighted by molar-refractivity contribution is -0.124. The molecule has 1 saturated carbocycles. The van der Waals surface area contributed by atoms with Crippen LogP contribution in [0.25, 0.3) is 0 Å². The smallest absolute Gasteiger partial charge is 0.237 e. The highest BCUT2D eigenvalue weighted by Gasteiger charge is 2.33. The van der Waals surface area contributed by atoms with Gasteiger partial charge in [-0.3, -0.25) is 4.79 Å². The highest BCUT2D eigenvalue weighted by atomic mass is 16.5. The minimum Gasteiger partial charge on any atom is -0.380 e. The number of ether oxygens (including phenoxy) is 1. The van der Waals surface area contributed by atoms with Gasteiger partial charge in [-0.25, -0.2) is 0 Å². The Labute approximate surface area is 129 Å². The maximum Gasteiger partial charge on any atom is 0.237 e. The van der Waals surface area contributed by atoms with Gasteiger partial charge in [-0.05, 0) is 59.0 Å². The van der Waals surface area contributed by atoms with E-state index in [2.05, 4.69) is 31.1 Å². The third-order valence-corrected chi connectivity index (χ3v) is 4.40. The SMILES string of the molecule is CCCNC(C)(CC(C)N(C)CCOCC1CC1)C(N)=O. The summed E-state index contributed by atoms with van der Waals surface area (Å²) in [6, 6.07) is 0.274. The molecule has 0 bridgehead atoms. The average molecular weight is 299 g/mol. The fourth-order valence-corrected chi connectivity index (χ4v) is 2.37. The molecular formula is C16H33N3O2. The molecule has 0 aliphatic heterocycles. The lowest BCUT2D eigenvalue weighted by atomic mass is 9.92. The number of hydrogen-bond acceptors (Lipinski definition) is 4. The zero-order valence-corrected chi connectivity index (χ0v) is 14.2. The van der Waals surface area contributed by atoms with Crippen LogP contribution in [-0.4, -0.2) is 55.7 Å². The van der Waals surface area contributed by atoms with Gasteiger partial charge in [0.05, 0.1) is 12.1 Å². The maximum absolute atomic E-state index is 11.7. The van der Waals surface area contributed by atoms with Crippen LogP contribution in [-0.2, 0) is 9.53 Å². The first-order chi connectivity index (χ1) is 9.89. The first kappa shape index (κ1) is 18.4. The highest BCUT2D eigenvalue weighted by Crippen LogP contribution is 2.28. The van der Waals surface area contributed by atoms with Crippen molar-refractivity contribution < 1.29 is 9.53 Å². The standard InChI is InChI=1S/C16H33N3O2/c1-5-8-18-16(3,15(17)20)11-13(2)19(4)9-10-21-12-14-6-7-14/h13-14,18H,5-12H2,1-4H3,(H2,17,20). The molecule has 0 aromatic carbocycles. The number of primary amides is 1. The maximum atomic E-state index is 11.7. The predicted molar refractivity (Wildman–Crippen MR) is 86.1 cm³/mol. The molecule has 0 aromatic rings. The fourth-order valence-electron chi connectivity index (χ4n) is 2.37. The monoisotopic (exact) mass is 299 g/mol. The van der Waals surface area contributed by atoms with Gasteiger partial charge < -0.3 is 20.7 Å². The molecule has 0 aromatic heterocycles. The van der Waals surface area contributed by atoms with Crippen molar-refractivity contribution in [2.75, 3.05) is 33.4 Å². The average Bonchev–Trinajstić information content (AvgIpc) is 3.25. The molecule has 3 N–H and O–H groups in total. The van der Waals surface area contributed by atoms with E-state index >= 15 is 0 Å². The lowest BCUT2D eigenvalue weighted by Gasteiger charge is -2.34. The molecule has 124 valence electrons. The van der Waals surface area contributed by atoms with E-state index in [0.29, 0.717) is 6.42 Å². The third-order valence-electron chi connectivity index (χ3n) is 4.40. The number of carbonyl (C=O) groups is 1. The molecule has 2 unspecified atom stereocenters. The van der Waals surface area contributed by atoms with E-state index in [0.717, 1.165) is 38.6 Å². The number of carbonyl (C=O) groups excluding carboxylic acids is 1. The van der Waals surface area contributed by atoms with E-state index < -0.39 is 5.54 Å². The van der Waals surface area contributed by atoms with Gasteiger partial charge in [0.15, 0.2) is 0 Å². The Morgan fingerprint density at radius 2 is 2.19 bits per heavy atom. The second-order valence-electron chi connectivity index (χ2n) is 6.68. The van der Waals surface area contributed by atoms with Crippen LogP contribution in [0.15, 0.2) is 0 Å². The molecule has 1 amide bonds. The number of hydrogen-bond donors (Lipinski definition) is 2. The van der Waals surface area contributed by atoms with Gasteiger partial charge >= 0.3 is 0 Å². The van der Waals surface area contributed by atoms with Gasteiger partial charge in [0.25, 0.3) is 0 Å². The van der Waals surface area contributed by atoms with Gasteiger partial charge in [0, 0.05) is 19.2 Å². The van der Waals surface area contributed by atoms with Crippen molar-refractivity contribution in [2.24, 2.45) is 11.7 Å². The number of rotatable bonds is 12. The summed E-state index contributed by atoms with van der Waals surface area (Å²) in [4.78, 5) is 14.0. The van der Waals surface area contributed by atoms with Crippen LogP contribution < -0.4 is 11.1 Å². The Bertz CT molecular complexity index is 321. The molecule has 0 heterocycles. The zero-order valence-electron chi connectivity index (χ0n) is 14.2. The molecule has 5 nitrogen and oxygen atoms in total. The quantitative estimate of drug-likeness (QED) is 0.534. The van der Waals surface area contributed by atoms with Crippen LogP contribution in [0.3, 0.4) is 0 Å². The molecular weight excluding hydrogens is 266 g/mol. The first-order valence-corrected chi connectivity index (χ1v) is 8.22.